The summed E-state index contributed by atoms with van der Waals surface area (Å²) >= 11 is 0. The van der Waals surface area contributed by atoms with Crippen LogP contribution in [0.3, 0.4) is 0 Å². The van der Waals surface area contributed by atoms with Gasteiger partial charge in [-0.25, -0.2) is 0 Å². The molecule has 5 nitrogen and oxygen atoms in total. The highest BCUT2D eigenvalue weighted by Gasteiger charge is 2.57. The van der Waals surface area contributed by atoms with Crippen molar-refractivity contribution < 1.29 is 9.90 Å². The van der Waals surface area contributed by atoms with Crippen LogP contribution >= 0.6 is 0 Å². The van der Waals surface area contributed by atoms with Gasteiger partial charge in [0.1, 0.15) is 0 Å². The van der Waals surface area contributed by atoms with Crippen molar-refractivity contribution in [2.45, 2.75) is 38.1 Å². The second-order valence-electron chi connectivity index (χ2n) is 6.72. The van der Waals surface area contributed by atoms with E-state index in [9.17, 15) is 4.79 Å². The third kappa shape index (κ3) is 3.00. The first-order valence-corrected chi connectivity index (χ1v) is 8.08. The second kappa shape index (κ2) is 6.00. The van der Waals surface area contributed by atoms with Crippen LogP contribution in [0.15, 0.2) is 0 Å². The van der Waals surface area contributed by atoms with Gasteiger partial charge in [-0.2, -0.15) is 0 Å². The van der Waals surface area contributed by atoms with Crippen molar-refractivity contribution in [3.8, 4) is 0 Å². The number of nitrogens with one attached hydrogen (secondary N) is 2. The van der Waals surface area contributed by atoms with Gasteiger partial charge < -0.3 is 20.6 Å². The number of hydrogen-bond acceptors (Lipinski definition) is 4. The Morgan fingerprint density at radius 2 is 2.00 bits per heavy atom. The van der Waals surface area contributed by atoms with Crippen molar-refractivity contribution >= 4 is 5.91 Å². The van der Waals surface area contributed by atoms with Crippen molar-refractivity contribution in [3.63, 3.8) is 0 Å². The van der Waals surface area contributed by atoms with Crippen molar-refractivity contribution in [2.24, 2.45) is 11.3 Å². The molecule has 2 heterocycles. The molecule has 1 saturated carbocycles. The van der Waals surface area contributed by atoms with Gasteiger partial charge >= 0.3 is 0 Å². The molecule has 1 spiro atoms. The van der Waals surface area contributed by atoms with Crippen LogP contribution in [-0.2, 0) is 4.79 Å². The van der Waals surface area contributed by atoms with Crippen molar-refractivity contribution in [1.82, 2.24) is 15.5 Å². The van der Waals surface area contributed by atoms with Gasteiger partial charge in [-0.05, 0) is 50.6 Å². The molecule has 114 valence electrons. The van der Waals surface area contributed by atoms with Crippen molar-refractivity contribution in [2.75, 3.05) is 39.3 Å². The molecule has 5 heteroatoms. The maximum atomic E-state index is 12.4. The van der Waals surface area contributed by atoms with Gasteiger partial charge in [0.25, 0.3) is 0 Å². The lowest BCUT2D eigenvalue weighted by molar-refractivity contribution is -0.124. The Hall–Kier alpha value is -0.650. The highest BCUT2D eigenvalue weighted by molar-refractivity contribution is 5.82. The van der Waals surface area contributed by atoms with Crippen molar-refractivity contribution in [1.29, 1.82) is 0 Å². The third-order valence-electron chi connectivity index (χ3n) is 5.46. The Morgan fingerprint density at radius 1 is 1.30 bits per heavy atom. The van der Waals surface area contributed by atoms with Crippen molar-refractivity contribution in [3.05, 3.63) is 0 Å². The predicted molar refractivity (Wildman–Crippen MR) is 77.3 cm³/mol. The molecule has 0 aromatic heterocycles. The van der Waals surface area contributed by atoms with Gasteiger partial charge in [-0.3, -0.25) is 4.79 Å². The molecule has 0 radical (unpaired) electrons. The Bertz CT molecular complexity index is 347. The van der Waals surface area contributed by atoms with E-state index >= 15 is 0 Å². The van der Waals surface area contributed by atoms with E-state index in [0.717, 1.165) is 52.0 Å². The lowest BCUT2D eigenvalue weighted by Gasteiger charge is -2.32. The number of aliphatic hydroxyl groups excluding tert-OH is 1. The zero-order valence-corrected chi connectivity index (χ0v) is 12.2. The molecule has 0 unspecified atom stereocenters. The number of nitrogens with zero attached hydrogens (tertiary/aromatic N) is 1. The summed E-state index contributed by atoms with van der Waals surface area (Å²) in [5, 5.41) is 15.6. The summed E-state index contributed by atoms with van der Waals surface area (Å²) in [6.45, 7) is 5.12. The normalized spacial score (nSPS) is 30.4. The lowest BCUT2D eigenvalue weighted by atomic mass is 9.91. The summed E-state index contributed by atoms with van der Waals surface area (Å²) in [4.78, 5) is 14.6. The standard InChI is InChI=1S/C15H27N3O2/c19-10-9-18-7-1-12(2-8-18)17-14(20)13-11-15(13)3-5-16-6-4-15/h12-13,16,19H,1-11H2,(H,17,20)/t13-/m0/s1. The minimum atomic E-state index is 0.232. The summed E-state index contributed by atoms with van der Waals surface area (Å²) < 4.78 is 0. The monoisotopic (exact) mass is 281 g/mol. The van der Waals surface area contributed by atoms with Crippen LogP contribution in [-0.4, -0.2) is 61.3 Å². The number of aliphatic hydroxyl groups is 1. The topological polar surface area (TPSA) is 64.6 Å². The Morgan fingerprint density at radius 3 is 2.65 bits per heavy atom. The molecule has 20 heavy (non-hydrogen) atoms. The van der Waals surface area contributed by atoms with Crippen LogP contribution < -0.4 is 10.6 Å². The number of carbonyl (C=O) groups is 1. The van der Waals surface area contributed by atoms with Gasteiger partial charge in [0, 0.05) is 31.6 Å². The minimum absolute atomic E-state index is 0.232. The fraction of sp³-hybridized carbons (Fsp3) is 0.933. The van der Waals surface area contributed by atoms with E-state index in [1.165, 1.54) is 12.8 Å². The first-order valence-electron chi connectivity index (χ1n) is 8.08. The average molecular weight is 281 g/mol. The van der Waals surface area contributed by atoms with Crippen LogP contribution in [0.2, 0.25) is 0 Å². The molecular formula is C15H27N3O2. The van der Waals surface area contributed by atoms with E-state index < -0.39 is 0 Å². The number of likely N-dealkylation sites (tertiary alicyclic amines) is 1. The molecular weight excluding hydrogens is 254 g/mol. The Balaban J connectivity index is 1.42. The van der Waals surface area contributed by atoms with Gasteiger partial charge in [0.2, 0.25) is 5.91 Å². The fourth-order valence-corrected chi connectivity index (χ4v) is 3.94. The first-order chi connectivity index (χ1) is 9.73. The Kier molecular flexibility index (Phi) is 4.29. The van der Waals surface area contributed by atoms with E-state index in [1.807, 2.05) is 0 Å². The van der Waals surface area contributed by atoms with Crippen LogP contribution in [0.25, 0.3) is 0 Å². The third-order valence-corrected chi connectivity index (χ3v) is 5.46. The average Bonchev–Trinajstić information content (AvgIpc) is 3.16. The molecule has 1 amide bonds. The Labute approximate surface area is 121 Å². The number of amides is 1. The van der Waals surface area contributed by atoms with Gasteiger partial charge in [0.05, 0.1) is 6.61 Å². The van der Waals surface area contributed by atoms with Crippen LogP contribution in [0, 0.1) is 11.3 Å². The summed E-state index contributed by atoms with van der Waals surface area (Å²) in [5.74, 6) is 0.576. The number of β-amino-alcohol motifs (C(OH)–C–C–N with tert-alkyl or cyclic N) is 1. The van der Waals surface area contributed by atoms with E-state index in [0.29, 0.717) is 17.4 Å². The maximum absolute atomic E-state index is 12.4. The van der Waals surface area contributed by atoms with E-state index in [4.69, 9.17) is 5.11 Å². The van der Waals surface area contributed by atoms with Gasteiger partial charge in [0.15, 0.2) is 0 Å². The molecule has 0 aromatic rings. The lowest BCUT2D eigenvalue weighted by Crippen LogP contribution is -2.46. The highest BCUT2D eigenvalue weighted by Crippen LogP contribution is 2.58. The number of rotatable bonds is 4. The van der Waals surface area contributed by atoms with Gasteiger partial charge in [-0.1, -0.05) is 0 Å². The largest absolute Gasteiger partial charge is 0.395 e. The van der Waals surface area contributed by atoms with Crippen LogP contribution in [0.1, 0.15) is 32.1 Å². The van der Waals surface area contributed by atoms with E-state index in [2.05, 4.69) is 15.5 Å². The molecule has 3 fully saturated rings. The number of piperidine rings is 2. The van der Waals surface area contributed by atoms with E-state index in [1.54, 1.807) is 0 Å². The molecule has 1 aliphatic carbocycles. The molecule has 3 N–H and O–H groups in total. The molecule has 3 aliphatic rings. The maximum Gasteiger partial charge on any atom is 0.223 e. The SMILES string of the molecule is O=C(NC1CCN(CCO)CC1)[C@@H]1CC12CCNCC2. The number of hydrogen-bond donors (Lipinski definition) is 3. The summed E-state index contributed by atoms with van der Waals surface area (Å²) in [6, 6.07) is 0.344. The summed E-state index contributed by atoms with van der Waals surface area (Å²) in [5.41, 5.74) is 0.340. The van der Waals surface area contributed by atoms with Crippen LogP contribution in [0.5, 0.6) is 0 Å². The van der Waals surface area contributed by atoms with E-state index in [-0.39, 0.29) is 12.5 Å². The van der Waals surface area contributed by atoms with Gasteiger partial charge in [-0.15, -0.1) is 0 Å². The predicted octanol–water partition coefficient (Wildman–Crippen LogP) is -0.0510. The molecule has 1 atom stereocenters. The zero-order valence-electron chi connectivity index (χ0n) is 12.2. The first kappa shape index (κ1) is 14.3. The molecule has 2 saturated heterocycles. The minimum Gasteiger partial charge on any atom is -0.395 e. The second-order valence-corrected chi connectivity index (χ2v) is 6.72. The smallest absolute Gasteiger partial charge is 0.223 e. The highest BCUT2D eigenvalue weighted by atomic mass is 16.3. The molecule has 0 bridgehead atoms. The quantitative estimate of drug-likeness (QED) is 0.676. The number of carbonyl (C=O) groups excluding carboxylic acids is 1. The zero-order chi connectivity index (χ0) is 14.0. The molecule has 2 aliphatic heterocycles. The van der Waals surface area contributed by atoms with Crippen LogP contribution in [0.4, 0.5) is 0 Å². The molecule has 0 aromatic carbocycles. The summed E-state index contributed by atoms with van der Waals surface area (Å²) in [6.07, 6.45) is 5.48. The fourth-order valence-electron chi connectivity index (χ4n) is 3.94. The summed E-state index contributed by atoms with van der Waals surface area (Å²) in [7, 11) is 0. The molecule has 3 rings (SSSR count).